The maximum absolute atomic E-state index is 7.66. The number of para-hydroxylation sites is 2. The Morgan fingerprint density at radius 3 is 1.43 bits per heavy atom. The van der Waals surface area contributed by atoms with Crippen molar-refractivity contribution in [1.29, 1.82) is 0 Å². The number of benzene rings is 4. The Hall–Kier alpha value is -4.20. The number of piperidine rings is 2. The first-order chi connectivity index (χ1) is 28.6. The summed E-state index contributed by atoms with van der Waals surface area (Å²) in [6.07, 6.45) is 10.2. The van der Waals surface area contributed by atoms with Crippen LogP contribution in [0.5, 0.6) is 0 Å². The van der Waals surface area contributed by atoms with Crippen molar-refractivity contribution in [3.05, 3.63) is 155 Å². The van der Waals surface area contributed by atoms with Gasteiger partial charge in [-0.1, -0.05) is 109 Å². The number of rotatable bonds is 4. The molecule has 4 aromatic rings. The normalized spacial score (nSPS) is 44.6. The minimum absolute atomic E-state index is 0.0192. The Balaban J connectivity index is 0.978. The molecule has 11 aliphatic rings. The molecule has 14 atom stereocenters. The molecule has 6 nitrogen and oxygen atoms in total. The Kier molecular flexibility index (Phi) is 6.15. The van der Waals surface area contributed by atoms with E-state index in [4.69, 9.17) is 9.47 Å². The molecule has 15 rings (SSSR count). The first-order valence-corrected chi connectivity index (χ1v) is 22.8. The highest BCUT2D eigenvalue weighted by Crippen LogP contribution is 2.73. The van der Waals surface area contributed by atoms with Crippen LogP contribution in [-0.2, 0) is 33.4 Å². The molecule has 4 aromatic carbocycles. The van der Waals surface area contributed by atoms with Crippen molar-refractivity contribution in [2.45, 2.75) is 86.2 Å². The zero-order valence-electron chi connectivity index (χ0n) is 33.4. The van der Waals surface area contributed by atoms with Crippen LogP contribution in [0, 0.1) is 23.7 Å². The summed E-state index contributed by atoms with van der Waals surface area (Å²) in [5.74, 6) is 1.72. The summed E-state index contributed by atoms with van der Waals surface area (Å²) in [6, 6.07) is 44.4. The fourth-order valence-corrected chi connectivity index (χ4v) is 17.7. The predicted molar refractivity (Wildman–Crippen MR) is 225 cm³/mol. The molecule has 9 heterocycles. The smallest absolute Gasteiger partial charge is 0.136 e. The van der Waals surface area contributed by atoms with Crippen LogP contribution in [0.25, 0.3) is 0 Å². The van der Waals surface area contributed by atoms with Crippen LogP contribution < -0.4 is 9.80 Å². The molecule has 2 aliphatic carbocycles. The van der Waals surface area contributed by atoms with Gasteiger partial charge in [0.05, 0.1) is 49.2 Å². The van der Waals surface area contributed by atoms with Crippen LogP contribution in [-0.4, -0.2) is 85.0 Å². The largest absolute Gasteiger partial charge is 0.354 e. The molecule has 0 aromatic heterocycles. The van der Waals surface area contributed by atoms with Crippen molar-refractivity contribution in [2.75, 3.05) is 49.2 Å². The van der Waals surface area contributed by atoms with Gasteiger partial charge in [-0.3, -0.25) is 0 Å². The number of nitrogens with zero attached hydrogens (tertiary/aromatic N) is 4. The summed E-state index contributed by atoms with van der Waals surface area (Å²) < 4.78 is 17.7. The van der Waals surface area contributed by atoms with Gasteiger partial charge in [0.15, 0.2) is 0 Å². The molecule has 7 fully saturated rings. The third-order valence-electron chi connectivity index (χ3n) is 19.1. The van der Waals surface area contributed by atoms with E-state index in [9.17, 15) is 0 Å². The number of quaternary nitrogens is 2. The third kappa shape index (κ3) is 3.63. The SMILES string of the molecule is C1=C2C[N@+]3(Cc4ccccc4)CC[C@@]45c6ccccc6N6[C@@H]7OCC=C8C[N@+]9(Cc%10ccccc%10)CC[C@]%10%11c%12ccccc%12N([C@H](OC1)C(C2C[C@@H]43)[C@H]65)[C@H]%10C7C8C[C@@H]%119. The molecule has 0 radical (unpaired) electrons. The summed E-state index contributed by atoms with van der Waals surface area (Å²) in [6.45, 7) is 8.47. The molecule has 4 unspecified atom stereocenters. The lowest BCUT2D eigenvalue weighted by Gasteiger charge is -2.65. The van der Waals surface area contributed by atoms with Crippen LogP contribution in [0.1, 0.15) is 47.9 Å². The molecule has 292 valence electrons. The Morgan fingerprint density at radius 1 is 0.534 bits per heavy atom. The Morgan fingerprint density at radius 2 is 0.966 bits per heavy atom. The molecule has 2 saturated carbocycles. The van der Waals surface area contributed by atoms with Crippen molar-refractivity contribution in [1.82, 2.24) is 0 Å². The van der Waals surface area contributed by atoms with Gasteiger partial charge in [-0.05, 0) is 34.4 Å². The number of hydrogen-bond donors (Lipinski definition) is 0. The van der Waals surface area contributed by atoms with E-state index in [0.29, 0.717) is 61.1 Å². The number of hydrogen-bond acceptors (Lipinski definition) is 4. The van der Waals surface area contributed by atoms with Gasteiger partial charge in [-0.15, -0.1) is 0 Å². The first-order valence-electron chi connectivity index (χ1n) is 22.8. The van der Waals surface area contributed by atoms with Crippen LogP contribution >= 0.6 is 0 Å². The molecule has 9 aliphatic heterocycles. The van der Waals surface area contributed by atoms with Crippen molar-refractivity contribution < 1.29 is 18.4 Å². The van der Waals surface area contributed by atoms with Crippen LogP contribution in [0.3, 0.4) is 0 Å². The molecule has 0 amide bonds. The van der Waals surface area contributed by atoms with Gasteiger partial charge in [-0.2, -0.15) is 0 Å². The number of anilines is 2. The molecular weight excluding hydrogens is 713 g/mol. The third-order valence-corrected chi connectivity index (χ3v) is 19.1. The fourth-order valence-electron chi connectivity index (χ4n) is 17.7. The minimum Gasteiger partial charge on any atom is -0.354 e. The highest BCUT2D eigenvalue weighted by molar-refractivity contribution is 5.72. The van der Waals surface area contributed by atoms with Gasteiger partial charge in [-0.25, -0.2) is 0 Å². The van der Waals surface area contributed by atoms with Crippen molar-refractivity contribution >= 4 is 11.4 Å². The van der Waals surface area contributed by atoms with E-state index in [1.54, 1.807) is 22.3 Å². The number of ether oxygens (including phenoxy) is 2. The molecular formula is C52H54N4O2+2. The Labute approximate surface area is 342 Å². The molecule has 5 saturated heterocycles. The summed E-state index contributed by atoms with van der Waals surface area (Å²) >= 11 is 0. The second-order valence-corrected chi connectivity index (χ2v) is 20.7. The van der Waals surface area contributed by atoms with E-state index >= 15 is 0 Å². The number of fused-ring (bicyclic) bond motifs is 6. The van der Waals surface area contributed by atoms with Gasteiger partial charge in [0, 0.05) is 71.9 Å². The highest BCUT2D eigenvalue weighted by Gasteiger charge is 2.81. The van der Waals surface area contributed by atoms with E-state index < -0.39 is 0 Å². The second-order valence-electron chi connectivity index (χ2n) is 20.7. The predicted octanol–water partition coefficient (Wildman–Crippen LogP) is 7.70. The van der Waals surface area contributed by atoms with Crippen LogP contribution in [0.4, 0.5) is 11.4 Å². The summed E-state index contributed by atoms with van der Waals surface area (Å²) in [7, 11) is 0. The van der Waals surface area contributed by atoms with Crippen LogP contribution in [0.2, 0.25) is 0 Å². The summed E-state index contributed by atoms with van der Waals surface area (Å²) in [5.41, 5.74) is 12.7. The molecule has 4 bridgehead atoms. The molecule has 0 N–H and O–H groups in total. The van der Waals surface area contributed by atoms with E-state index in [-0.39, 0.29) is 23.3 Å². The monoisotopic (exact) mass is 766 g/mol. The van der Waals surface area contributed by atoms with Gasteiger partial charge in [0.25, 0.3) is 0 Å². The van der Waals surface area contributed by atoms with Crippen molar-refractivity contribution in [3.8, 4) is 0 Å². The van der Waals surface area contributed by atoms with Gasteiger partial charge >= 0.3 is 0 Å². The fraction of sp³-hybridized carbons (Fsp3) is 0.462. The second kappa shape index (κ2) is 10.9. The quantitative estimate of drug-likeness (QED) is 0.157. The van der Waals surface area contributed by atoms with Crippen molar-refractivity contribution in [2.24, 2.45) is 23.7 Å². The van der Waals surface area contributed by atoms with Gasteiger partial charge < -0.3 is 28.2 Å². The van der Waals surface area contributed by atoms with Crippen molar-refractivity contribution in [3.63, 3.8) is 0 Å². The average molecular weight is 767 g/mol. The lowest BCUT2D eigenvalue weighted by atomic mass is 9.52. The first kappa shape index (κ1) is 32.6. The van der Waals surface area contributed by atoms with E-state index in [1.807, 2.05) is 0 Å². The topological polar surface area (TPSA) is 24.9 Å². The maximum atomic E-state index is 7.66. The zero-order valence-corrected chi connectivity index (χ0v) is 33.4. The highest BCUT2D eigenvalue weighted by atomic mass is 16.5. The van der Waals surface area contributed by atoms with E-state index in [1.165, 1.54) is 70.2 Å². The Bertz CT molecular complexity index is 2300. The summed E-state index contributed by atoms with van der Waals surface area (Å²) in [5, 5.41) is 0. The van der Waals surface area contributed by atoms with Gasteiger partial charge in [0.2, 0.25) is 0 Å². The van der Waals surface area contributed by atoms with E-state index in [2.05, 4.69) is 131 Å². The molecule has 2 spiro atoms. The molecule has 58 heavy (non-hydrogen) atoms. The minimum atomic E-state index is 0.0192. The zero-order chi connectivity index (χ0) is 37.6. The molecule has 6 heteroatoms. The average Bonchev–Trinajstić information content (AvgIpc) is 3.87. The van der Waals surface area contributed by atoms with Crippen LogP contribution in [0.15, 0.2) is 132 Å². The lowest BCUT2D eigenvalue weighted by Crippen LogP contribution is -2.78. The summed E-state index contributed by atoms with van der Waals surface area (Å²) in [4.78, 5) is 6.02. The standard InChI is InChI=1S/C52H54N4O2/c1-3-11-33(12-4-1)29-55-23-21-51-39-15-7-9-17-41(39)53-47(51)45-37(27-43(51)55)35(31-55)19-25-57-49(45)54-42-18-10-8-16-40(42)52-22-24-56(30-34-13-5-2-6-14-34)32-36-20-26-58-50(53)46(48(52)54)38(36)28-44(52)56/h1-20,37-38,43-50H,21-32H2/q+2/t37?,38?,43-,44-,45?,46?,47-,48-,49+,50+,51+,52+,55+,56+/m0/s1. The maximum Gasteiger partial charge on any atom is 0.136 e. The lowest BCUT2D eigenvalue weighted by molar-refractivity contribution is -0.955. The van der Waals surface area contributed by atoms with Gasteiger partial charge in [0.1, 0.15) is 50.7 Å². The van der Waals surface area contributed by atoms with E-state index in [0.717, 1.165) is 26.2 Å².